The van der Waals surface area contributed by atoms with Crippen molar-refractivity contribution in [3.8, 4) is 0 Å². The SMILES string of the molecule is Cc1nnc([C@H]2COCCN2C(=O)c2cccc3cc[nH]c23)o1. The highest BCUT2D eigenvalue weighted by atomic mass is 16.5. The number of fused-ring (bicyclic) bond motifs is 1. The van der Waals surface area contributed by atoms with Gasteiger partial charge in [-0.1, -0.05) is 12.1 Å². The third-order valence-electron chi connectivity index (χ3n) is 4.03. The lowest BCUT2D eigenvalue weighted by molar-refractivity contribution is -0.0105. The Balaban J connectivity index is 1.72. The number of para-hydroxylation sites is 1. The molecular formula is C16H16N4O3. The van der Waals surface area contributed by atoms with Gasteiger partial charge in [-0.25, -0.2) is 0 Å². The van der Waals surface area contributed by atoms with E-state index >= 15 is 0 Å². The highest BCUT2D eigenvalue weighted by Crippen LogP contribution is 2.27. The third kappa shape index (κ3) is 2.39. The van der Waals surface area contributed by atoms with E-state index in [1.807, 2.05) is 30.5 Å². The molecule has 1 aromatic carbocycles. The number of rotatable bonds is 2. The molecule has 3 aromatic rings. The van der Waals surface area contributed by atoms with Crippen LogP contribution in [0.3, 0.4) is 0 Å². The molecule has 3 heterocycles. The number of amides is 1. The molecule has 0 saturated carbocycles. The minimum absolute atomic E-state index is 0.0674. The first-order valence-electron chi connectivity index (χ1n) is 7.49. The van der Waals surface area contributed by atoms with Crippen molar-refractivity contribution in [1.29, 1.82) is 0 Å². The zero-order valence-electron chi connectivity index (χ0n) is 12.7. The molecule has 0 bridgehead atoms. The molecule has 7 nitrogen and oxygen atoms in total. The lowest BCUT2D eigenvalue weighted by Crippen LogP contribution is -2.43. The van der Waals surface area contributed by atoms with Gasteiger partial charge in [-0.2, -0.15) is 0 Å². The van der Waals surface area contributed by atoms with Gasteiger partial charge >= 0.3 is 0 Å². The van der Waals surface area contributed by atoms with Crippen molar-refractivity contribution in [3.63, 3.8) is 0 Å². The Morgan fingerprint density at radius 2 is 2.26 bits per heavy atom. The number of morpholine rings is 1. The van der Waals surface area contributed by atoms with E-state index in [0.29, 0.717) is 37.1 Å². The summed E-state index contributed by atoms with van der Waals surface area (Å²) >= 11 is 0. The molecule has 1 atom stereocenters. The average Bonchev–Trinajstić information content (AvgIpc) is 3.22. The van der Waals surface area contributed by atoms with Gasteiger partial charge in [0.2, 0.25) is 11.8 Å². The summed E-state index contributed by atoms with van der Waals surface area (Å²) in [6, 6.07) is 7.27. The molecule has 0 aliphatic carbocycles. The number of aryl methyl sites for hydroxylation is 1. The minimum Gasteiger partial charge on any atom is -0.423 e. The van der Waals surface area contributed by atoms with Gasteiger partial charge in [-0.05, 0) is 12.1 Å². The molecule has 1 aliphatic heterocycles. The van der Waals surface area contributed by atoms with Crippen molar-refractivity contribution in [2.45, 2.75) is 13.0 Å². The Labute approximate surface area is 132 Å². The molecule has 0 spiro atoms. The first-order chi connectivity index (χ1) is 11.2. The summed E-state index contributed by atoms with van der Waals surface area (Å²) in [4.78, 5) is 17.9. The normalized spacial score (nSPS) is 18.5. The summed E-state index contributed by atoms with van der Waals surface area (Å²) in [6.07, 6.45) is 1.83. The first kappa shape index (κ1) is 14.0. The van der Waals surface area contributed by atoms with Crippen LogP contribution in [0.5, 0.6) is 0 Å². The van der Waals surface area contributed by atoms with Crippen molar-refractivity contribution in [2.24, 2.45) is 0 Å². The number of nitrogens with one attached hydrogen (secondary N) is 1. The van der Waals surface area contributed by atoms with Crippen LogP contribution in [0.2, 0.25) is 0 Å². The predicted molar refractivity (Wildman–Crippen MR) is 81.9 cm³/mol. The molecular weight excluding hydrogens is 296 g/mol. The molecule has 118 valence electrons. The Morgan fingerprint density at radius 3 is 3.09 bits per heavy atom. The number of carbonyl (C=O) groups is 1. The van der Waals surface area contributed by atoms with Crippen molar-refractivity contribution in [3.05, 3.63) is 47.8 Å². The molecule has 2 aromatic heterocycles. The van der Waals surface area contributed by atoms with Gasteiger partial charge < -0.3 is 19.0 Å². The van der Waals surface area contributed by atoms with Crippen LogP contribution in [-0.4, -0.2) is 45.7 Å². The summed E-state index contributed by atoms with van der Waals surface area (Å²) in [5, 5.41) is 8.91. The van der Waals surface area contributed by atoms with E-state index in [9.17, 15) is 4.79 Å². The van der Waals surface area contributed by atoms with E-state index in [2.05, 4.69) is 15.2 Å². The maximum atomic E-state index is 13.1. The maximum absolute atomic E-state index is 13.1. The number of nitrogens with zero attached hydrogens (tertiary/aromatic N) is 3. The maximum Gasteiger partial charge on any atom is 0.256 e. The zero-order valence-corrected chi connectivity index (χ0v) is 12.7. The van der Waals surface area contributed by atoms with E-state index in [1.54, 1.807) is 11.8 Å². The number of H-pyrrole nitrogens is 1. The summed E-state index contributed by atoms with van der Waals surface area (Å²) in [5.74, 6) is 0.820. The molecule has 23 heavy (non-hydrogen) atoms. The van der Waals surface area contributed by atoms with Gasteiger partial charge in [0.15, 0.2) is 0 Å². The fraction of sp³-hybridized carbons (Fsp3) is 0.312. The smallest absolute Gasteiger partial charge is 0.256 e. The van der Waals surface area contributed by atoms with Crippen molar-refractivity contribution < 1.29 is 13.9 Å². The van der Waals surface area contributed by atoms with E-state index in [-0.39, 0.29) is 11.9 Å². The minimum atomic E-state index is -0.359. The van der Waals surface area contributed by atoms with E-state index in [1.165, 1.54) is 0 Å². The fourth-order valence-electron chi connectivity index (χ4n) is 2.92. The van der Waals surface area contributed by atoms with Crippen LogP contribution in [0.1, 0.15) is 28.2 Å². The van der Waals surface area contributed by atoms with Gasteiger partial charge in [0.05, 0.1) is 24.3 Å². The molecule has 1 aliphatic rings. The van der Waals surface area contributed by atoms with E-state index in [0.717, 1.165) is 10.9 Å². The third-order valence-corrected chi connectivity index (χ3v) is 4.03. The van der Waals surface area contributed by atoms with Gasteiger partial charge in [0, 0.05) is 25.1 Å². The first-order valence-corrected chi connectivity index (χ1v) is 7.49. The van der Waals surface area contributed by atoms with Crippen molar-refractivity contribution in [2.75, 3.05) is 19.8 Å². The van der Waals surface area contributed by atoms with Gasteiger partial charge in [0.25, 0.3) is 5.91 Å². The number of hydrogen-bond donors (Lipinski definition) is 1. The molecule has 1 fully saturated rings. The monoisotopic (exact) mass is 312 g/mol. The quantitative estimate of drug-likeness (QED) is 0.783. The Kier molecular flexibility index (Phi) is 3.34. The van der Waals surface area contributed by atoms with Crippen LogP contribution >= 0.6 is 0 Å². The Morgan fingerprint density at radius 1 is 1.35 bits per heavy atom. The number of benzene rings is 1. The second kappa shape index (κ2) is 5.51. The Hall–Kier alpha value is -2.67. The number of ether oxygens (including phenoxy) is 1. The van der Waals surface area contributed by atoms with Gasteiger partial charge in [-0.15, -0.1) is 10.2 Å². The Bertz CT molecular complexity index is 854. The van der Waals surface area contributed by atoms with Gasteiger partial charge in [-0.3, -0.25) is 4.79 Å². The number of carbonyl (C=O) groups excluding carboxylic acids is 1. The predicted octanol–water partition coefficient (Wildman–Crippen LogP) is 2.07. The van der Waals surface area contributed by atoms with Crippen molar-refractivity contribution in [1.82, 2.24) is 20.1 Å². The molecule has 1 saturated heterocycles. The van der Waals surface area contributed by atoms with Crippen LogP contribution in [0, 0.1) is 6.92 Å². The van der Waals surface area contributed by atoms with Crippen molar-refractivity contribution >= 4 is 16.8 Å². The summed E-state index contributed by atoms with van der Waals surface area (Å²) in [7, 11) is 0. The lowest BCUT2D eigenvalue weighted by Gasteiger charge is -2.33. The molecule has 0 radical (unpaired) electrons. The van der Waals surface area contributed by atoms with Crippen LogP contribution in [-0.2, 0) is 4.74 Å². The summed E-state index contributed by atoms with van der Waals surface area (Å²) in [6.45, 7) is 3.07. The highest BCUT2D eigenvalue weighted by molar-refractivity contribution is 6.05. The average molecular weight is 312 g/mol. The van der Waals surface area contributed by atoms with Crippen LogP contribution in [0.25, 0.3) is 10.9 Å². The summed E-state index contributed by atoms with van der Waals surface area (Å²) < 4.78 is 11.0. The fourth-order valence-corrected chi connectivity index (χ4v) is 2.92. The second-order valence-electron chi connectivity index (χ2n) is 5.50. The standard InChI is InChI=1S/C16H16N4O3/c1-10-18-19-15(23-10)13-9-22-8-7-20(13)16(21)12-4-2-3-11-5-6-17-14(11)12/h2-6,13,17H,7-9H2,1H3/t13-/m1/s1. The largest absolute Gasteiger partial charge is 0.423 e. The topological polar surface area (TPSA) is 84.3 Å². The zero-order chi connectivity index (χ0) is 15.8. The van der Waals surface area contributed by atoms with E-state index in [4.69, 9.17) is 9.15 Å². The molecule has 1 amide bonds. The molecule has 0 unspecified atom stereocenters. The highest BCUT2D eigenvalue weighted by Gasteiger charge is 2.33. The number of aromatic amines is 1. The van der Waals surface area contributed by atoms with Gasteiger partial charge in [0.1, 0.15) is 6.04 Å². The number of hydrogen-bond acceptors (Lipinski definition) is 5. The molecule has 7 heteroatoms. The summed E-state index contributed by atoms with van der Waals surface area (Å²) in [5.41, 5.74) is 1.47. The van der Waals surface area contributed by atoms with Crippen LogP contribution in [0.15, 0.2) is 34.9 Å². The van der Waals surface area contributed by atoms with E-state index < -0.39 is 0 Å². The molecule has 4 rings (SSSR count). The van der Waals surface area contributed by atoms with Crippen LogP contribution in [0.4, 0.5) is 0 Å². The molecule has 1 N–H and O–H groups in total. The van der Waals surface area contributed by atoms with Crippen LogP contribution < -0.4 is 0 Å². The second-order valence-corrected chi connectivity index (χ2v) is 5.50. The lowest BCUT2D eigenvalue weighted by atomic mass is 10.1. The number of aromatic nitrogens is 3.